The number of hydrogen-bond donors (Lipinski definition) is 1. The fraction of sp³-hybridized carbons (Fsp3) is 0.700. The van der Waals surface area contributed by atoms with E-state index in [0.717, 1.165) is 12.5 Å². The molecule has 1 aliphatic heterocycles. The fourth-order valence-electron chi connectivity index (χ4n) is 2.05. The summed E-state index contributed by atoms with van der Waals surface area (Å²) >= 11 is 1.61. The molecule has 1 atom stereocenters. The van der Waals surface area contributed by atoms with E-state index in [9.17, 15) is 0 Å². The van der Waals surface area contributed by atoms with Gasteiger partial charge in [0.1, 0.15) is 0 Å². The number of nitrogens with two attached hydrogens (primary N) is 1. The first kappa shape index (κ1) is 12.7. The Kier molecular flexibility index (Phi) is 4.83. The van der Waals surface area contributed by atoms with Crippen molar-refractivity contribution in [3.05, 3.63) is 11.1 Å². The van der Waals surface area contributed by atoms with Crippen molar-refractivity contribution in [2.75, 3.05) is 18.8 Å². The molecule has 1 aliphatic rings. The van der Waals surface area contributed by atoms with E-state index in [0.29, 0.717) is 5.13 Å². The quantitative estimate of drug-likeness (QED) is 0.873. The molecule has 0 saturated carbocycles. The van der Waals surface area contributed by atoms with Crippen LogP contribution in [0, 0.1) is 5.92 Å². The maximum atomic E-state index is 5.60. The van der Waals surface area contributed by atoms with Crippen LogP contribution in [-0.4, -0.2) is 23.0 Å². The van der Waals surface area contributed by atoms with Crippen molar-refractivity contribution >= 4 is 28.9 Å². The van der Waals surface area contributed by atoms with E-state index in [1.54, 1.807) is 11.3 Å². The Bertz CT molecular complexity index is 303. The van der Waals surface area contributed by atoms with Crippen LogP contribution in [-0.2, 0) is 6.54 Å². The monoisotopic (exact) mass is 247 g/mol. The van der Waals surface area contributed by atoms with Gasteiger partial charge >= 0.3 is 0 Å². The molecule has 5 heteroatoms. The lowest BCUT2D eigenvalue weighted by Crippen LogP contribution is -2.33. The van der Waals surface area contributed by atoms with Crippen LogP contribution in [0.1, 0.15) is 24.6 Å². The third kappa shape index (κ3) is 3.63. The molecule has 1 aromatic heterocycles. The molecule has 2 rings (SSSR count). The van der Waals surface area contributed by atoms with Crippen molar-refractivity contribution in [2.24, 2.45) is 5.92 Å². The summed E-state index contributed by atoms with van der Waals surface area (Å²) in [6.07, 6.45) is 4.61. The number of halogens is 1. The smallest absolute Gasteiger partial charge is 0.180 e. The van der Waals surface area contributed by atoms with Crippen LogP contribution in [0.2, 0.25) is 0 Å². The van der Waals surface area contributed by atoms with Crippen LogP contribution in [0.4, 0.5) is 5.13 Å². The van der Waals surface area contributed by atoms with E-state index in [4.69, 9.17) is 5.73 Å². The molecular weight excluding hydrogens is 230 g/mol. The van der Waals surface area contributed by atoms with E-state index < -0.39 is 0 Å². The summed E-state index contributed by atoms with van der Waals surface area (Å²) < 4.78 is 0. The largest absolute Gasteiger partial charge is 0.375 e. The molecule has 0 radical (unpaired) electrons. The van der Waals surface area contributed by atoms with Gasteiger partial charge in [-0.15, -0.1) is 23.7 Å². The van der Waals surface area contributed by atoms with Gasteiger partial charge in [-0.25, -0.2) is 4.98 Å². The van der Waals surface area contributed by atoms with Crippen LogP contribution in [0.15, 0.2) is 6.20 Å². The number of nitrogens with zero attached hydrogens (tertiary/aromatic N) is 2. The zero-order valence-electron chi connectivity index (χ0n) is 8.98. The highest BCUT2D eigenvalue weighted by Gasteiger charge is 2.16. The molecule has 0 aliphatic carbocycles. The van der Waals surface area contributed by atoms with Gasteiger partial charge in [-0.1, -0.05) is 6.92 Å². The normalized spacial score (nSPS) is 22.3. The van der Waals surface area contributed by atoms with E-state index in [2.05, 4.69) is 16.8 Å². The number of aromatic nitrogens is 1. The second-order valence-corrected chi connectivity index (χ2v) is 5.29. The minimum absolute atomic E-state index is 0. The average molecular weight is 248 g/mol. The van der Waals surface area contributed by atoms with Crippen LogP contribution >= 0.6 is 23.7 Å². The Labute approximate surface area is 101 Å². The molecule has 1 aromatic rings. The van der Waals surface area contributed by atoms with Crippen LogP contribution in [0.25, 0.3) is 0 Å². The summed E-state index contributed by atoms with van der Waals surface area (Å²) in [7, 11) is 0. The first-order chi connectivity index (χ1) is 6.74. The second-order valence-electron chi connectivity index (χ2n) is 4.15. The number of hydrogen-bond acceptors (Lipinski definition) is 4. The maximum Gasteiger partial charge on any atom is 0.180 e. The molecule has 0 amide bonds. The second kappa shape index (κ2) is 5.68. The zero-order chi connectivity index (χ0) is 9.97. The molecule has 2 N–H and O–H groups in total. The van der Waals surface area contributed by atoms with Crippen molar-refractivity contribution in [2.45, 2.75) is 26.3 Å². The summed E-state index contributed by atoms with van der Waals surface area (Å²) in [5.74, 6) is 0.842. The maximum absolute atomic E-state index is 5.60. The summed E-state index contributed by atoms with van der Waals surface area (Å²) in [6, 6.07) is 0. The fourth-order valence-corrected chi connectivity index (χ4v) is 2.77. The summed E-state index contributed by atoms with van der Waals surface area (Å²) in [6.45, 7) is 5.80. The van der Waals surface area contributed by atoms with Gasteiger partial charge in [0.15, 0.2) is 5.13 Å². The molecule has 2 heterocycles. The van der Waals surface area contributed by atoms with Gasteiger partial charge in [0.25, 0.3) is 0 Å². The van der Waals surface area contributed by atoms with Gasteiger partial charge in [-0.3, -0.25) is 4.90 Å². The molecular formula is C10H18ClN3S. The van der Waals surface area contributed by atoms with Crippen molar-refractivity contribution < 1.29 is 0 Å². The lowest BCUT2D eigenvalue weighted by atomic mass is 10.0. The predicted octanol–water partition coefficient (Wildman–Crippen LogP) is 2.38. The third-order valence-electron chi connectivity index (χ3n) is 2.69. The first-order valence-corrected chi connectivity index (χ1v) is 5.98. The summed E-state index contributed by atoms with van der Waals surface area (Å²) in [5, 5.41) is 0.685. The number of likely N-dealkylation sites (tertiary alicyclic amines) is 1. The SMILES string of the molecule is CC1CCCN(Cc2cnc(N)s2)C1.Cl. The van der Waals surface area contributed by atoms with Crippen molar-refractivity contribution in [3.8, 4) is 0 Å². The van der Waals surface area contributed by atoms with Gasteiger partial charge in [0.05, 0.1) is 0 Å². The number of thiazole rings is 1. The van der Waals surface area contributed by atoms with Crippen LogP contribution in [0.3, 0.4) is 0 Å². The highest BCUT2D eigenvalue weighted by Crippen LogP contribution is 2.21. The highest BCUT2D eigenvalue weighted by molar-refractivity contribution is 7.15. The molecule has 86 valence electrons. The lowest BCUT2D eigenvalue weighted by Gasteiger charge is -2.30. The molecule has 3 nitrogen and oxygen atoms in total. The molecule has 1 fully saturated rings. The van der Waals surface area contributed by atoms with Crippen molar-refractivity contribution in [3.63, 3.8) is 0 Å². The van der Waals surface area contributed by atoms with Crippen molar-refractivity contribution in [1.82, 2.24) is 9.88 Å². The Morgan fingerprint density at radius 1 is 1.67 bits per heavy atom. The molecule has 0 bridgehead atoms. The highest BCUT2D eigenvalue weighted by atomic mass is 35.5. The predicted molar refractivity (Wildman–Crippen MR) is 67.4 cm³/mol. The lowest BCUT2D eigenvalue weighted by molar-refractivity contribution is 0.178. The summed E-state index contributed by atoms with van der Waals surface area (Å²) in [5.41, 5.74) is 5.60. The van der Waals surface area contributed by atoms with E-state index in [1.165, 1.54) is 30.8 Å². The molecule has 1 saturated heterocycles. The van der Waals surface area contributed by atoms with Gasteiger partial charge in [0.2, 0.25) is 0 Å². The number of anilines is 1. The first-order valence-electron chi connectivity index (χ1n) is 5.16. The van der Waals surface area contributed by atoms with Crippen LogP contribution < -0.4 is 5.73 Å². The Hall–Kier alpha value is -0.320. The summed E-state index contributed by atoms with van der Waals surface area (Å²) in [4.78, 5) is 7.86. The van der Waals surface area contributed by atoms with Gasteiger partial charge < -0.3 is 5.73 Å². The van der Waals surface area contributed by atoms with Gasteiger partial charge in [0, 0.05) is 24.2 Å². The topological polar surface area (TPSA) is 42.2 Å². The molecule has 1 unspecified atom stereocenters. The van der Waals surface area contributed by atoms with Gasteiger partial charge in [-0.05, 0) is 25.3 Å². The van der Waals surface area contributed by atoms with Crippen molar-refractivity contribution in [1.29, 1.82) is 0 Å². The van der Waals surface area contributed by atoms with E-state index in [1.807, 2.05) is 6.20 Å². The van der Waals surface area contributed by atoms with E-state index in [-0.39, 0.29) is 12.4 Å². The standard InChI is InChI=1S/C10H17N3S.ClH/c1-8-3-2-4-13(6-8)7-9-5-12-10(11)14-9;/h5,8H,2-4,6-7H2,1H3,(H2,11,12);1H. The molecule has 0 aromatic carbocycles. The Morgan fingerprint density at radius 3 is 3.07 bits per heavy atom. The molecule has 0 spiro atoms. The van der Waals surface area contributed by atoms with Gasteiger partial charge in [-0.2, -0.15) is 0 Å². The number of nitrogen functional groups attached to an aromatic ring is 1. The average Bonchev–Trinajstić information content (AvgIpc) is 2.51. The minimum Gasteiger partial charge on any atom is -0.375 e. The molecule has 15 heavy (non-hydrogen) atoms. The third-order valence-corrected chi connectivity index (χ3v) is 3.50. The zero-order valence-corrected chi connectivity index (χ0v) is 10.6. The number of rotatable bonds is 2. The Morgan fingerprint density at radius 2 is 2.47 bits per heavy atom. The van der Waals surface area contributed by atoms with Crippen LogP contribution in [0.5, 0.6) is 0 Å². The minimum atomic E-state index is 0. The van der Waals surface area contributed by atoms with E-state index >= 15 is 0 Å². The number of piperidine rings is 1. The Balaban J connectivity index is 0.00000112.